The highest BCUT2D eigenvalue weighted by molar-refractivity contribution is 5.85. The number of Topliss-reactive ketones (excluding diaryl/α,β-unsaturated/α-hetero) is 1. The zero-order valence-corrected chi connectivity index (χ0v) is 19.5. The van der Waals surface area contributed by atoms with E-state index >= 15 is 0 Å². The SMILES string of the molecule is C=C(NC(C(=O)CC(C(=C)C)C1C(CC)C1(C)C)C(C)(C)C)OC(C)(C)C. The average Bonchev–Trinajstić information content (AvgIpc) is 2.99. The van der Waals surface area contributed by atoms with Crippen LogP contribution in [0.25, 0.3) is 0 Å². The van der Waals surface area contributed by atoms with Crippen molar-refractivity contribution in [1.82, 2.24) is 5.32 Å². The summed E-state index contributed by atoms with van der Waals surface area (Å²) in [6.45, 7) is 29.3. The molecule has 4 unspecified atom stereocenters. The molecule has 3 heteroatoms. The van der Waals surface area contributed by atoms with Crippen molar-refractivity contribution in [2.45, 2.75) is 93.7 Å². The summed E-state index contributed by atoms with van der Waals surface area (Å²) in [5.41, 5.74) is 0.837. The van der Waals surface area contributed by atoms with E-state index in [-0.39, 0.29) is 28.8 Å². The number of hydrogen-bond acceptors (Lipinski definition) is 3. The Morgan fingerprint density at radius 2 is 1.67 bits per heavy atom. The fraction of sp³-hybridized carbons (Fsp3) is 0.792. The van der Waals surface area contributed by atoms with E-state index in [1.54, 1.807) is 0 Å². The minimum atomic E-state index is -0.345. The van der Waals surface area contributed by atoms with Crippen LogP contribution < -0.4 is 5.32 Å². The lowest BCUT2D eigenvalue weighted by Crippen LogP contribution is -2.47. The minimum Gasteiger partial charge on any atom is -0.474 e. The van der Waals surface area contributed by atoms with Gasteiger partial charge in [-0.1, -0.05) is 60.1 Å². The van der Waals surface area contributed by atoms with Crippen LogP contribution in [0.4, 0.5) is 0 Å². The van der Waals surface area contributed by atoms with Gasteiger partial charge in [-0.05, 0) is 62.9 Å². The quantitative estimate of drug-likeness (QED) is 0.389. The van der Waals surface area contributed by atoms with E-state index in [4.69, 9.17) is 4.74 Å². The van der Waals surface area contributed by atoms with Gasteiger partial charge >= 0.3 is 0 Å². The van der Waals surface area contributed by atoms with Crippen molar-refractivity contribution in [1.29, 1.82) is 0 Å². The standard InChI is InChI=1S/C24H43NO2/c1-13-18-20(24(18,11)12)17(15(2)3)14-19(26)21(22(5,6)7)25-16(4)27-23(8,9)10/h17-18,20-21,25H,2,4,13-14H2,1,3,5-12H3. The van der Waals surface area contributed by atoms with Crippen LogP contribution in [0.1, 0.15) is 82.1 Å². The number of ketones is 1. The van der Waals surface area contributed by atoms with Gasteiger partial charge in [0.05, 0.1) is 6.04 Å². The Bertz CT molecular complexity index is 574. The molecule has 0 saturated heterocycles. The highest BCUT2D eigenvalue weighted by atomic mass is 16.5. The summed E-state index contributed by atoms with van der Waals surface area (Å²) in [4.78, 5) is 13.3. The summed E-state index contributed by atoms with van der Waals surface area (Å²) in [5, 5.41) is 3.27. The van der Waals surface area contributed by atoms with E-state index in [0.29, 0.717) is 29.6 Å². The molecule has 0 heterocycles. The van der Waals surface area contributed by atoms with Gasteiger partial charge in [0, 0.05) is 6.42 Å². The predicted molar refractivity (Wildman–Crippen MR) is 115 cm³/mol. The van der Waals surface area contributed by atoms with Crippen LogP contribution in [0.3, 0.4) is 0 Å². The lowest BCUT2D eigenvalue weighted by atomic mass is 9.79. The summed E-state index contributed by atoms with van der Waals surface area (Å²) in [6.07, 6.45) is 1.68. The summed E-state index contributed by atoms with van der Waals surface area (Å²) in [5.74, 6) is 2.12. The molecule has 0 aromatic carbocycles. The Kier molecular flexibility index (Phi) is 7.06. The third kappa shape index (κ3) is 6.12. The molecule has 4 atom stereocenters. The molecule has 0 aromatic heterocycles. The summed E-state index contributed by atoms with van der Waals surface area (Å²) in [7, 11) is 0. The number of allylic oxidation sites excluding steroid dienone is 1. The highest BCUT2D eigenvalue weighted by Gasteiger charge is 2.59. The predicted octanol–water partition coefficient (Wildman–Crippen LogP) is 6.11. The maximum atomic E-state index is 13.3. The zero-order chi connectivity index (χ0) is 21.4. The van der Waals surface area contributed by atoms with Crippen molar-refractivity contribution in [2.24, 2.45) is 28.6 Å². The van der Waals surface area contributed by atoms with Gasteiger partial charge in [0.1, 0.15) is 5.60 Å². The Morgan fingerprint density at radius 1 is 1.15 bits per heavy atom. The summed E-state index contributed by atoms with van der Waals surface area (Å²) < 4.78 is 5.82. The van der Waals surface area contributed by atoms with Gasteiger partial charge in [0.25, 0.3) is 0 Å². The Morgan fingerprint density at radius 3 is 2.00 bits per heavy atom. The monoisotopic (exact) mass is 377 g/mol. The number of rotatable bonds is 9. The molecule has 0 aliphatic heterocycles. The zero-order valence-electron chi connectivity index (χ0n) is 19.5. The highest BCUT2D eigenvalue weighted by Crippen LogP contribution is 2.64. The molecule has 0 spiro atoms. The third-order valence-corrected chi connectivity index (χ3v) is 5.99. The third-order valence-electron chi connectivity index (χ3n) is 5.99. The second-order valence-corrected chi connectivity index (χ2v) is 11.1. The van der Waals surface area contributed by atoms with E-state index in [0.717, 1.165) is 12.0 Å². The molecule has 0 aromatic rings. The molecule has 0 radical (unpaired) electrons. The maximum absolute atomic E-state index is 13.3. The van der Waals surface area contributed by atoms with Crippen LogP contribution in [0.2, 0.25) is 0 Å². The van der Waals surface area contributed by atoms with E-state index < -0.39 is 0 Å². The van der Waals surface area contributed by atoms with E-state index in [9.17, 15) is 4.79 Å². The molecule has 1 N–H and O–H groups in total. The Labute approximate surface area is 168 Å². The molecule has 1 rings (SSSR count). The van der Waals surface area contributed by atoms with E-state index in [1.807, 2.05) is 20.8 Å². The first-order chi connectivity index (χ1) is 12.0. The second-order valence-electron chi connectivity index (χ2n) is 11.1. The molecule has 0 amide bonds. The first kappa shape index (κ1) is 23.8. The van der Waals surface area contributed by atoms with Gasteiger partial charge in [-0.25, -0.2) is 0 Å². The van der Waals surface area contributed by atoms with Crippen LogP contribution in [-0.4, -0.2) is 17.4 Å². The number of nitrogens with one attached hydrogen (secondary N) is 1. The molecule has 0 bridgehead atoms. The van der Waals surface area contributed by atoms with Gasteiger partial charge in [-0.15, -0.1) is 0 Å². The lowest BCUT2D eigenvalue weighted by molar-refractivity contribution is -0.124. The lowest BCUT2D eigenvalue weighted by Gasteiger charge is -2.34. The molecule has 156 valence electrons. The fourth-order valence-electron chi connectivity index (χ4n) is 4.65. The number of carbonyl (C=O) groups is 1. The van der Waals surface area contributed by atoms with E-state index in [2.05, 4.69) is 66.9 Å². The first-order valence-corrected chi connectivity index (χ1v) is 10.3. The molecule has 3 nitrogen and oxygen atoms in total. The van der Waals surface area contributed by atoms with E-state index in [1.165, 1.54) is 0 Å². The molecule has 1 saturated carbocycles. The van der Waals surface area contributed by atoms with Crippen molar-refractivity contribution < 1.29 is 9.53 Å². The average molecular weight is 378 g/mol. The van der Waals surface area contributed by atoms with Gasteiger partial charge in [0.2, 0.25) is 0 Å². The van der Waals surface area contributed by atoms with Crippen molar-refractivity contribution in [3.63, 3.8) is 0 Å². The molecule has 1 aliphatic rings. The van der Waals surface area contributed by atoms with Crippen LogP contribution >= 0.6 is 0 Å². The van der Waals surface area contributed by atoms with Crippen LogP contribution in [0, 0.1) is 28.6 Å². The van der Waals surface area contributed by atoms with Gasteiger partial charge in [-0.2, -0.15) is 0 Å². The van der Waals surface area contributed by atoms with Crippen molar-refractivity contribution in [3.05, 3.63) is 24.6 Å². The Balaban J connectivity index is 2.95. The van der Waals surface area contributed by atoms with Crippen molar-refractivity contribution >= 4 is 5.78 Å². The number of ether oxygens (including phenoxy) is 1. The topological polar surface area (TPSA) is 38.3 Å². The van der Waals surface area contributed by atoms with Crippen molar-refractivity contribution in [3.8, 4) is 0 Å². The fourth-order valence-corrected chi connectivity index (χ4v) is 4.65. The molecular weight excluding hydrogens is 334 g/mol. The van der Waals surface area contributed by atoms with Crippen LogP contribution in [-0.2, 0) is 9.53 Å². The van der Waals surface area contributed by atoms with Gasteiger partial charge < -0.3 is 10.1 Å². The number of hydrogen-bond donors (Lipinski definition) is 1. The molecule has 1 aliphatic carbocycles. The smallest absolute Gasteiger partial charge is 0.180 e. The van der Waals surface area contributed by atoms with Crippen molar-refractivity contribution in [2.75, 3.05) is 0 Å². The molecule has 1 fully saturated rings. The van der Waals surface area contributed by atoms with Gasteiger partial charge in [-0.3, -0.25) is 4.79 Å². The second kappa shape index (κ2) is 8.01. The normalized spacial score (nSPS) is 23.9. The van der Waals surface area contributed by atoms with Crippen LogP contribution in [0.5, 0.6) is 0 Å². The van der Waals surface area contributed by atoms with Crippen LogP contribution in [0.15, 0.2) is 24.6 Å². The largest absolute Gasteiger partial charge is 0.474 e. The molecule has 27 heavy (non-hydrogen) atoms. The first-order valence-electron chi connectivity index (χ1n) is 10.3. The number of carbonyl (C=O) groups excluding carboxylic acids is 1. The summed E-state index contributed by atoms with van der Waals surface area (Å²) >= 11 is 0. The summed E-state index contributed by atoms with van der Waals surface area (Å²) in [6, 6.07) is -0.337. The maximum Gasteiger partial charge on any atom is 0.180 e. The Hall–Kier alpha value is -1.25. The minimum absolute atomic E-state index is 0.215. The molecular formula is C24H43NO2. The van der Waals surface area contributed by atoms with Gasteiger partial charge in [0.15, 0.2) is 11.7 Å².